The maximum Gasteiger partial charge on any atom is 0.362 e. The van der Waals surface area contributed by atoms with Crippen molar-refractivity contribution in [2.45, 2.75) is 0 Å². The summed E-state index contributed by atoms with van der Waals surface area (Å²) in [5.41, 5.74) is 0.462. The van der Waals surface area contributed by atoms with E-state index in [0.717, 1.165) is 10.8 Å². The summed E-state index contributed by atoms with van der Waals surface area (Å²) in [6.45, 7) is 0. The van der Waals surface area contributed by atoms with Gasteiger partial charge in [0, 0.05) is 16.8 Å². The van der Waals surface area contributed by atoms with Crippen LogP contribution in [0.5, 0.6) is 5.75 Å². The van der Waals surface area contributed by atoms with Gasteiger partial charge in [0.2, 0.25) is 0 Å². The lowest BCUT2D eigenvalue weighted by Crippen LogP contribution is -1.99. The maximum absolute atomic E-state index is 11.6. The molecule has 5 heteroatoms. The minimum Gasteiger partial charge on any atom is -0.497 e. The van der Waals surface area contributed by atoms with E-state index in [1.165, 1.54) is 0 Å². The lowest BCUT2D eigenvalue weighted by Gasteiger charge is -2.01. The van der Waals surface area contributed by atoms with Gasteiger partial charge in [-0.15, -0.1) is 0 Å². The maximum atomic E-state index is 11.6. The molecule has 0 amide bonds. The molecule has 80 valence electrons. The Morgan fingerprint density at radius 2 is 2.25 bits per heavy atom. The van der Waals surface area contributed by atoms with Gasteiger partial charge in [0.1, 0.15) is 11.3 Å². The third-order valence-corrected chi connectivity index (χ3v) is 2.53. The number of hydrogen-bond acceptors (Lipinski definition) is 4. The number of aromatic amines is 1. The van der Waals surface area contributed by atoms with Crippen molar-refractivity contribution in [2.75, 3.05) is 7.11 Å². The molecule has 0 unspecified atom stereocenters. The van der Waals surface area contributed by atoms with Crippen LogP contribution in [0.25, 0.3) is 21.9 Å². The van der Waals surface area contributed by atoms with Crippen LogP contribution in [-0.4, -0.2) is 17.3 Å². The second-order valence-corrected chi connectivity index (χ2v) is 3.41. The smallest absolute Gasteiger partial charge is 0.362 e. The Morgan fingerprint density at radius 1 is 1.38 bits per heavy atom. The molecule has 0 atom stereocenters. The molecule has 0 fully saturated rings. The van der Waals surface area contributed by atoms with Gasteiger partial charge in [-0.25, -0.2) is 4.79 Å². The normalized spacial score (nSPS) is 11.1. The van der Waals surface area contributed by atoms with Crippen molar-refractivity contribution >= 4 is 21.9 Å². The van der Waals surface area contributed by atoms with Gasteiger partial charge < -0.3 is 9.15 Å². The predicted molar refractivity (Wildman–Crippen MR) is 58.7 cm³/mol. The Labute approximate surface area is 89.6 Å². The molecule has 2 heterocycles. The fourth-order valence-corrected chi connectivity index (χ4v) is 1.73. The molecule has 0 saturated heterocycles. The summed E-state index contributed by atoms with van der Waals surface area (Å²) >= 11 is 0. The summed E-state index contributed by atoms with van der Waals surface area (Å²) in [5, 5.41) is 8.06. The van der Waals surface area contributed by atoms with Crippen LogP contribution in [0.15, 0.2) is 33.6 Å². The molecule has 0 saturated carbocycles. The van der Waals surface area contributed by atoms with Crippen molar-refractivity contribution in [2.24, 2.45) is 0 Å². The first-order valence-corrected chi connectivity index (χ1v) is 4.73. The summed E-state index contributed by atoms with van der Waals surface area (Å²) in [5.74, 6) is 0.651. The number of nitrogens with zero attached hydrogens (tertiary/aromatic N) is 1. The van der Waals surface area contributed by atoms with Gasteiger partial charge in [-0.05, 0) is 12.1 Å². The Bertz CT molecular complexity index is 727. The zero-order chi connectivity index (χ0) is 11.1. The van der Waals surface area contributed by atoms with Crippen molar-refractivity contribution in [3.05, 3.63) is 34.8 Å². The SMILES string of the molecule is COc1ccc2c(c1)oc(=O)c1[nH]ncc12. The van der Waals surface area contributed by atoms with E-state index in [1.54, 1.807) is 19.4 Å². The van der Waals surface area contributed by atoms with Gasteiger partial charge in [-0.3, -0.25) is 5.10 Å². The van der Waals surface area contributed by atoms with Crippen LogP contribution < -0.4 is 10.4 Å². The van der Waals surface area contributed by atoms with E-state index in [9.17, 15) is 4.79 Å². The number of fused-ring (bicyclic) bond motifs is 3. The quantitative estimate of drug-likeness (QED) is 0.628. The van der Waals surface area contributed by atoms with Crippen molar-refractivity contribution in [3.8, 4) is 5.75 Å². The van der Waals surface area contributed by atoms with Crippen LogP contribution in [0.1, 0.15) is 0 Å². The van der Waals surface area contributed by atoms with Crippen molar-refractivity contribution in [1.29, 1.82) is 0 Å². The molecular formula is C11H8N2O3. The second-order valence-electron chi connectivity index (χ2n) is 3.41. The molecule has 0 spiro atoms. The van der Waals surface area contributed by atoms with Gasteiger partial charge in [-0.1, -0.05) is 0 Å². The summed E-state index contributed by atoms with van der Waals surface area (Å²) < 4.78 is 10.2. The van der Waals surface area contributed by atoms with E-state index in [2.05, 4.69) is 10.2 Å². The second kappa shape index (κ2) is 3.10. The number of hydrogen-bond donors (Lipinski definition) is 1. The van der Waals surface area contributed by atoms with E-state index in [0.29, 0.717) is 16.8 Å². The minimum atomic E-state index is -0.423. The molecule has 3 rings (SSSR count). The number of H-pyrrole nitrogens is 1. The van der Waals surface area contributed by atoms with Crippen molar-refractivity contribution in [3.63, 3.8) is 0 Å². The monoisotopic (exact) mass is 216 g/mol. The zero-order valence-electron chi connectivity index (χ0n) is 8.48. The highest BCUT2D eigenvalue weighted by Crippen LogP contribution is 2.24. The minimum absolute atomic E-state index is 0.387. The fourth-order valence-electron chi connectivity index (χ4n) is 1.73. The van der Waals surface area contributed by atoms with Crippen LogP contribution in [0.2, 0.25) is 0 Å². The molecule has 0 radical (unpaired) electrons. The Balaban J connectivity index is 2.53. The van der Waals surface area contributed by atoms with Crippen LogP contribution in [0.4, 0.5) is 0 Å². The van der Waals surface area contributed by atoms with E-state index < -0.39 is 5.63 Å². The number of aromatic nitrogens is 2. The topological polar surface area (TPSA) is 68.1 Å². The average molecular weight is 216 g/mol. The Kier molecular flexibility index (Phi) is 1.73. The van der Waals surface area contributed by atoms with Gasteiger partial charge >= 0.3 is 5.63 Å². The standard InChI is InChI=1S/C11H8N2O3/c1-15-6-2-3-7-8-5-12-13-10(8)11(14)16-9(7)4-6/h2-5H,1H3,(H,12,13). The summed E-state index contributed by atoms with van der Waals surface area (Å²) in [6, 6.07) is 5.34. The molecular weight excluding hydrogens is 208 g/mol. The molecule has 0 aliphatic heterocycles. The number of ether oxygens (including phenoxy) is 1. The zero-order valence-corrected chi connectivity index (χ0v) is 8.48. The third kappa shape index (κ3) is 1.11. The van der Waals surface area contributed by atoms with Crippen LogP contribution >= 0.6 is 0 Å². The van der Waals surface area contributed by atoms with Gasteiger partial charge in [0.05, 0.1) is 13.3 Å². The lowest BCUT2D eigenvalue weighted by molar-refractivity contribution is 0.414. The van der Waals surface area contributed by atoms with E-state index in [-0.39, 0.29) is 0 Å². The lowest BCUT2D eigenvalue weighted by atomic mass is 10.1. The summed E-state index contributed by atoms with van der Waals surface area (Å²) in [7, 11) is 1.57. The molecule has 16 heavy (non-hydrogen) atoms. The first-order chi connectivity index (χ1) is 7.79. The highest BCUT2D eigenvalue weighted by molar-refractivity contribution is 6.02. The predicted octanol–water partition coefficient (Wildman–Crippen LogP) is 1.68. The van der Waals surface area contributed by atoms with Gasteiger partial charge in [0.15, 0.2) is 5.52 Å². The average Bonchev–Trinajstić information content (AvgIpc) is 2.78. The number of rotatable bonds is 1. The van der Waals surface area contributed by atoms with Crippen molar-refractivity contribution in [1.82, 2.24) is 10.2 Å². The molecule has 2 aromatic heterocycles. The van der Waals surface area contributed by atoms with Crippen LogP contribution in [-0.2, 0) is 0 Å². The third-order valence-electron chi connectivity index (χ3n) is 2.53. The highest BCUT2D eigenvalue weighted by Gasteiger charge is 2.09. The number of nitrogens with one attached hydrogen (secondary N) is 1. The molecule has 1 aromatic carbocycles. The van der Waals surface area contributed by atoms with Crippen LogP contribution in [0, 0.1) is 0 Å². The van der Waals surface area contributed by atoms with Crippen LogP contribution in [0.3, 0.4) is 0 Å². The summed E-state index contributed by atoms with van der Waals surface area (Å²) in [6.07, 6.45) is 1.61. The molecule has 0 aliphatic rings. The molecule has 0 bridgehead atoms. The molecule has 5 nitrogen and oxygen atoms in total. The molecule has 0 aliphatic carbocycles. The van der Waals surface area contributed by atoms with E-state index >= 15 is 0 Å². The largest absolute Gasteiger partial charge is 0.497 e. The fraction of sp³-hybridized carbons (Fsp3) is 0.0909. The molecule has 1 N–H and O–H groups in total. The summed E-state index contributed by atoms with van der Waals surface area (Å²) in [4.78, 5) is 11.6. The number of methoxy groups -OCH3 is 1. The van der Waals surface area contributed by atoms with Gasteiger partial charge in [0.25, 0.3) is 0 Å². The first kappa shape index (κ1) is 8.96. The van der Waals surface area contributed by atoms with E-state index in [4.69, 9.17) is 9.15 Å². The molecule has 3 aromatic rings. The van der Waals surface area contributed by atoms with Gasteiger partial charge in [-0.2, -0.15) is 5.10 Å². The van der Waals surface area contributed by atoms with Crippen molar-refractivity contribution < 1.29 is 9.15 Å². The Morgan fingerprint density at radius 3 is 3.06 bits per heavy atom. The Hall–Kier alpha value is -2.30. The van der Waals surface area contributed by atoms with E-state index in [1.807, 2.05) is 12.1 Å². The number of benzene rings is 1. The highest BCUT2D eigenvalue weighted by atomic mass is 16.5. The first-order valence-electron chi connectivity index (χ1n) is 4.73.